The van der Waals surface area contributed by atoms with Crippen LogP contribution >= 0.6 is 0 Å². The molecule has 1 N–H and O–H groups in total. The molecule has 0 saturated heterocycles. The van der Waals surface area contributed by atoms with E-state index in [1.54, 1.807) is 6.20 Å². The van der Waals surface area contributed by atoms with Crippen LogP contribution in [0.3, 0.4) is 0 Å². The van der Waals surface area contributed by atoms with Gasteiger partial charge in [0.25, 0.3) is 0 Å². The first kappa shape index (κ1) is 19.1. The van der Waals surface area contributed by atoms with E-state index in [0.29, 0.717) is 13.0 Å². The number of hydrogen-bond donors (Lipinski definition) is 1. The first-order valence-corrected chi connectivity index (χ1v) is 9.89. The van der Waals surface area contributed by atoms with Crippen LogP contribution in [0.25, 0.3) is 11.4 Å². The summed E-state index contributed by atoms with van der Waals surface area (Å²) in [6.07, 6.45) is 4.14. The zero-order valence-corrected chi connectivity index (χ0v) is 15.6. The molecule has 0 atom stereocenters. The highest BCUT2D eigenvalue weighted by Crippen LogP contribution is 2.20. The fraction of sp³-hybridized carbons (Fsp3) is 0.211. The van der Waals surface area contributed by atoms with Crippen molar-refractivity contribution in [3.63, 3.8) is 0 Å². The summed E-state index contributed by atoms with van der Waals surface area (Å²) in [4.78, 5) is 4.23. The average Bonchev–Trinajstić information content (AvgIpc) is 3.14. The third kappa shape index (κ3) is 4.53. The van der Waals surface area contributed by atoms with Crippen molar-refractivity contribution in [2.75, 3.05) is 13.7 Å². The van der Waals surface area contributed by atoms with Crippen molar-refractivity contribution in [2.45, 2.75) is 17.9 Å². The molecule has 27 heavy (non-hydrogen) atoms. The van der Waals surface area contributed by atoms with Gasteiger partial charge in [-0.05, 0) is 24.6 Å². The molecular formula is C19H20FN3O3S. The molecule has 0 aliphatic carbocycles. The number of methoxy groups -OCH3 is 1. The van der Waals surface area contributed by atoms with Crippen LogP contribution < -0.4 is 9.46 Å². The van der Waals surface area contributed by atoms with E-state index < -0.39 is 15.8 Å². The number of nitrogens with one attached hydrogen (secondary N) is 1. The van der Waals surface area contributed by atoms with Crippen LogP contribution in [0, 0.1) is 5.82 Å². The minimum Gasteiger partial charge on any atom is -0.494 e. The lowest BCUT2D eigenvalue weighted by Gasteiger charge is -2.10. The second-order valence-electron chi connectivity index (χ2n) is 5.86. The van der Waals surface area contributed by atoms with Gasteiger partial charge in [-0.3, -0.25) is 0 Å². The maximum Gasteiger partial charge on any atom is 0.240 e. The van der Waals surface area contributed by atoms with Crippen molar-refractivity contribution in [3.05, 3.63) is 66.7 Å². The number of hydrogen-bond acceptors (Lipinski definition) is 4. The van der Waals surface area contributed by atoms with E-state index in [4.69, 9.17) is 4.74 Å². The molecule has 0 amide bonds. The smallest absolute Gasteiger partial charge is 0.240 e. The normalized spacial score (nSPS) is 11.5. The molecule has 1 heterocycles. The third-order valence-electron chi connectivity index (χ3n) is 4.05. The molecular weight excluding hydrogens is 369 g/mol. The van der Waals surface area contributed by atoms with Gasteiger partial charge in [0.2, 0.25) is 10.0 Å². The van der Waals surface area contributed by atoms with Crippen molar-refractivity contribution < 1.29 is 17.5 Å². The van der Waals surface area contributed by atoms with E-state index in [-0.39, 0.29) is 17.2 Å². The molecule has 2 aromatic carbocycles. The van der Waals surface area contributed by atoms with Crippen molar-refractivity contribution in [1.29, 1.82) is 0 Å². The van der Waals surface area contributed by atoms with Crippen LogP contribution in [0.2, 0.25) is 0 Å². The highest BCUT2D eigenvalue weighted by molar-refractivity contribution is 7.89. The Bertz CT molecular complexity index is 1000. The van der Waals surface area contributed by atoms with E-state index >= 15 is 0 Å². The fourth-order valence-electron chi connectivity index (χ4n) is 2.69. The number of rotatable bonds is 8. The molecule has 1 aromatic heterocycles. The Morgan fingerprint density at radius 3 is 2.67 bits per heavy atom. The Morgan fingerprint density at radius 1 is 1.19 bits per heavy atom. The Hall–Kier alpha value is -2.71. The fourth-order valence-corrected chi connectivity index (χ4v) is 3.78. The van der Waals surface area contributed by atoms with E-state index in [0.717, 1.165) is 17.5 Å². The maximum atomic E-state index is 13.7. The largest absolute Gasteiger partial charge is 0.494 e. The first-order valence-electron chi connectivity index (χ1n) is 8.41. The second kappa shape index (κ2) is 8.32. The predicted molar refractivity (Wildman–Crippen MR) is 100 cm³/mol. The predicted octanol–water partition coefficient (Wildman–Crippen LogP) is 3.07. The highest BCUT2D eigenvalue weighted by Gasteiger charge is 2.16. The summed E-state index contributed by atoms with van der Waals surface area (Å²) >= 11 is 0. The van der Waals surface area contributed by atoms with E-state index in [1.165, 1.54) is 19.2 Å². The van der Waals surface area contributed by atoms with Gasteiger partial charge in [0.05, 0.1) is 12.0 Å². The number of aromatic nitrogens is 2. The lowest BCUT2D eigenvalue weighted by molar-refractivity contribution is 0.385. The zero-order valence-electron chi connectivity index (χ0n) is 14.8. The summed E-state index contributed by atoms with van der Waals surface area (Å²) in [6.45, 7) is 0.826. The Kier molecular flexibility index (Phi) is 5.88. The lowest BCUT2D eigenvalue weighted by atomic mass is 10.2. The molecule has 0 unspecified atom stereocenters. The first-order chi connectivity index (χ1) is 13.0. The van der Waals surface area contributed by atoms with Gasteiger partial charge < -0.3 is 9.30 Å². The van der Waals surface area contributed by atoms with Gasteiger partial charge in [-0.25, -0.2) is 22.5 Å². The summed E-state index contributed by atoms with van der Waals surface area (Å²) in [6, 6.07) is 13.3. The number of benzene rings is 2. The lowest BCUT2D eigenvalue weighted by Crippen LogP contribution is -2.25. The van der Waals surface area contributed by atoms with E-state index in [9.17, 15) is 12.8 Å². The van der Waals surface area contributed by atoms with Gasteiger partial charge in [0.1, 0.15) is 5.82 Å². The van der Waals surface area contributed by atoms with Crippen LogP contribution in [0.15, 0.2) is 65.8 Å². The number of halogens is 1. The van der Waals surface area contributed by atoms with Gasteiger partial charge >= 0.3 is 0 Å². The molecule has 0 bridgehead atoms. The van der Waals surface area contributed by atoms with Crippen LogP contribution in [-0.4, -0.2) is 31.6 Å². The summed E-state index contributed by atoms with van der Waals surface area (Å²) in [5.74, 6) is 0.115. The summed E-state index contributed by atoms with van der Waals surface area (Å²) in [5, 5.41) is 0. The quantitative estimate of drug-likeness (QED) is 0.601. The minimum absolute atomic E-state index is 0.00231. The Morgan fingerprint density at radius 2 is 1.96 bits per heavy atom. The van der Waals surface area contributed by atoms with Gasteiger partial charge in [-0.15, -0.1) is 0 Å². The van der Waals surface area contributed by atoms with E-state index in [1.807, 2.05) is 41.1 Å². The van der Waals surface area contributed by atoms with Crippen LogP contribution in [0.5, 0.6) is 5.75 Å². The topological polar surface area (TPSA) is 73.2 Å². The molecule has 0 spiro atoms. The minimum atomic E-state index is -3.78. The number of ether oxygens (including phenoxy) is 1. The SMILES string of the molecule is COc1ccc(S(=O)(=O)NCCCn2ccnc2-c2ccccc2)cc1F. The molecule has 142 valence electrons. The molecule has 0 radical (unpaired) electrons. The van der Waals surface area contributed by atoms with Crippen LogP contribution in [-0.2, 0) is 16.6 Å². The van der Waals surface area contributed by atoms with Gasteiger partial charge in [0.15, 0.2) is 11.6 Å². The maximum absolute atomic E-state index is 13.7. The monoisotopic (exact) mass is 389 g/mol. The average molecular weight is 389 g/mol. The molecule has 6 nitrogen and oxygen atoms in total. The molecule has 8 heteroatoms. The number of aryl methyl sites for hydroxylation is 1. The Balaban J connectivity index is 1.59. The van der Waals surface area contributed by atoms with E-state index in [2.05, 4.69) is 9.71 Å². The summed E-state index contributed by atoms with van der Waals surface area (Å²) in [7, 11) is -2.46. The molecule has 0 aliphatic heterocycles. The number of sulfonamides is 1. The molecule has 0 aliphatic rings. The van der Waals surface area contributed by atoms with Crippen molar-refractivity contribution in [3.8, 4) is 17.1 Å². The van der Waals surface area contributed by atoms with Gasteiger partial charge in [-0.2, -0.15) is 0 Å². The highest BCUT2D eigenvalue weighted by atomic mass is 32.2. The summed E-state index contributed by atoms with van der Waals surface area (Å²) < 4.78 is 47.6. The summed E-state index contributed by atoms with van der Waals surface area (Å²) in [5.41, 5.74) is 0.997. The molecule has 3 rings (SSSR count). The zero-order chi connectivity index (χ0) is 19.3. The molecule has 0 saturated carbocycles. The van der Waals surface area contributed by atoms with Crippen molar-refractivity contribution in [2.24, 2.45) is 0 Å². The van der Waals surface area contributed by atoms with Gasteiger partial charge in [-0.1, -0.05) is 30.3 Å². The third-order valence-corrected chi connectivity index (χ3v) is 5.51. The molecule has 3 aromatic rings. The molecule has 0 fully saturated rings. The second-order valence-corrected chi connectivity index (χ2v) is 7.62. The van der Waals surface area contributed by atoms with Crippen molar-refractivity contribution >= 4 is 10.0 Å². The number of nitrogens with zero attached hydrogens (tertiary/aromatic N) is 2. The van der Waals surface area contributed by atoms with Crippen LogP contribution in [0.4, 0.5) is 4.39 Å². The van der Waals surface area contributed by atoms with Crippen molar-refractivity contribution in [1.82, 2.24) is 14.3 Å². The Labute approximate surface area is 157 Å². The van der Waals surface area contributed by atoms with Crippen LogP contribution in [0.1, 0.15) is 6.42 Å². The number of imidazole rings is 1. The standard InChI is InChI=1S/C19H20FN3O3S/c1-26-18-9-8-16(14-17(18)20)27(24,25)22-10-5-12-23-13-11-21-19(23)15-6-3-2-4-7-15/h2-4,6-9,11,13-14,22H,5,10,12H2,1H3. The van der Waals surface area contributed by atoms with Gasteiger partial charge in [0, 0.05) is 31.0 Å².